The molecule has 2 heterocycles. The number of benzene rings is 1. The summed E-state index contributed by atoms with van der Waals surface area (Å²) in [6.45, 7) is 7.07. The molecule has 164 valence electrons. The first-order chi connectivity index (χ1) is 14.9. The van der Waals surface area contributed by atoms with Crippen molar-refractivity contribution in [3.8, 4) is 5.75 Å². The van der Waals surface area contributed by atoms with Crippen molar-refractivity contribution in [3.63, 3.8) is 0 Å². The SMILES string of the molecule is CN=CC(=CN)N1CCN(c2cc(C(=N)c3cc(OC(C)C)ccc3N)ncn2)CC1. The Morgan fingerprint density at radius 3 is 2.58 bits per heavy atom. The van der Waals surface area contributed by atoms with Gasteiger partial charge in [0.05, 0.1) is 23.2 Å². The highest BCUT2D eigenvalue weighted by atomic mass is 16.5. The Hall–Kier alpha value is -3.62. The number of nitrogen functional groups attached to an aromatic ring is 1. The number of piperazine rings is 1. The lowest BCUT2D eigenvalue weighted by atomic mass is 10.0. The van der Waals surface area contributed by atoms with Crippen LogP contribution in [0.15, 0.2) is 47.5 Å². The predicted molar refractivity (Wildman–Crippen MR) is 125 cm³/mol. The fraction of sp³-hybridized carbons (Fsp3) is 0.364. The van der Waals surface area contributed by atoms with Gasteiger partial charge in [-0.1, -0.05) is 0 Å². The minimum Gasteiger partial charge on any atom is -0.491 e. The van der Waals surface area contributed by atoms with Crippen LogP contribution in [0.3, 0.4) is 0 Å². The van der Waals surface area contributed by atoms with Crippen LogP contribution in [0.5, 0.6) is 5.75 Å². The lowest BCUT2D eigenvalue weighted by Gasteiger charge is -2.36. The van der Waals surface area contributed by atoms with E-state index < -0.39 is 0 Å². The molecule has 0 atom stereocenters. The normalized spacial score (nSPS) is 15.0. The van der Waals surface area contributed by atoms with Gasteiger partial charge in [-0.05, 0) is 32.0 Å². The minimum absolute atomic E-state index is 0.0354. The molecule has 0 aliphatic carbocycles. The Bertz CT molecular complexity index is 977. The summed E-state index contributed by atoms with van der Waals surface area (Å²) in [6.07, 6.45) is 4.87. The molecular weight excluding hydrogens is 392 g/mol. The van der Waals surface area contributed by atoms with E-state index in [4.69, 9.17) is 21.6 Å². The van der Waals surface area contributed by atoms with Crippen LogP contribution < -0.4 is 21.1 Å². The molecule has 2 aromatic rings. The molecule has 0 spiro atoms. The summed E-state index contributed by atoms with van der Waals surface area (Å²) in [4.78, 5) is 17.2. The van der Waals surface area contributed by atoms with Crippen molar-refractivity contribution in [1.82, 2.24) is 14.9 Å². The van der Waals surface area contributed by atoms with Gasteiger partial charge in [0.15, 0.2) is 0 Å². The van der Waals surface area contributed by atoms with Gasteiger partial charge in [-0.15, -0.1) is 0 Å². The number of aromatic nitrogens is 2. The molecule has 0 unspecified atom stereocenters. The smallest absolute Gasteiger partial charge is 0.132 e. The second-order valence-electron chi connectivity index (χ2n) is 7.51. The number of allylic oxidation sites excluding steroid dienone is 1. The van der Waals surface area contributed by atoms with E-state index in [1.807, 2.05) is 26.0 Å². The first-order valence-corrected chi connectivity index (χ1v) is 10.2. The molecular formula is C22H30N8O. The first-order valence-electron chi connectivity index (χ1n) is 10.2. The Morgan fingerprint density at radius 2 is 1.94 bits per heavy atom. The van der Waals surface area contributed by atoms with E-state index in [1.165, 1.54) is 6.33 Å². The number of nitrogens with two attached hydrogens (primary N) is 2. The molecule has 0 saturated carbocycles. The van der Waals surface area contributed by atoms with Gasteiger partial charge in [-0.2, -0.15) is 0 Å². The van der Waals surface area contributed by atoms with Gasteiger partial charge >= 0.3 is 0 Å². The maximum absolute atomic E-state index is 8.67. The highest BCUT2D eigenvalue weighted by Gasteiger charge is 2.20. The average Bonchev–Trinajstić information content (AvgIpc) is 2.78. The van der Waals surface area contributed by atoms with E-state index in [0.717, 1.165) is 37.7 Å². The Morgan fingerprint density at radius 1 is 1.19 bits per heavy atom. The van der Waals surface area contributed by atoms with Gasteiger partial charge in [-0.3, -0.25) is 10.4 Å². The van der Waals surface area contributed by atoms with Crippen LogP contribution >= 0.6 is 0 Å². The van der Waals surface area contributed by atoms with Crippen molar-refractivity contribution in [2.45, 2.75) is 20.0 Å². The van der Waals surface area contributed by atoms with Crippen LogP contribution in [0.4, 0.5) is 11.5 Å². The zero-order valence-electron chi connectivity index (χ0n) is 18.2. The zero-order chi connectivity index (χ0) is 22.4. The standard InChI is InChI=1S/C22H30N8O/c1-15(2)31-17-4-5-19(24)18(10-17)22(25)20-11-21(28-14-27-20)30-8-6-29(7-9-30)16(12-23)13-26-3/h4-5,10-15,25H,6-9,23-24H2,1-3H3. The summed E-state index contributed by atoms with van der Waals surface area (Å²) in [5.74, 6) is 1.46. The molecule has 0 amide bonds. The summed E-state index contributed by atoms with van der Waals surface area (Å²) in [5, 5.41) is 8.67. The number of nitrogens with one attached hydrogen (secondary N) is 1. The third-order valence-electron chi connectivity index (χ3n) is 4.98. The van der Waals surface area contributed by atoms with Crippen molar-refractivity contribution in [2.24, 2.45) is 10.7 Å². The number of hydrogen-bond donors (Lipinski definition) is 3. The van der Waals surface area contributed by atoms with Crippen LogP contribution in [0.2, 0.25) is 0 Å². The van der Waals surface area contributed by atoms with Crippen LogP contribution in [-0.4, -0.2) is 66.1 Å². The van der Waals surface area contributed by atoms with E-state index in [0.29, 0.717) is 22.7 Å². The molecule has 3 rings (SSSR count). The quantitative estimate of drug-likeness (QED) is 0.459. The fourth-order valence-corrected chi connectivity index (χ4v) is 3.45. The molecule has 1 aromatic heterocycles. The largest absolute Gasteiger partial charge is 0.491 e. The molecule has 5 N–H and O–H groups in total. The molecule has 0 bridgehead atoms. The van der Waals surface area contributed by atoms with Crippen LogP contribution in [0.1, 0.15) is 25.1 Å². The van der Waals surface area contributed by atoms with Crippen molar-refractivity contribution in [1.29, 1.82) is 5.41 Å². The van der Waals surface area contributed by atoms with E-state index in [9.17, 15) is 0 Å². The highest BCUT2D eigenvalue weighted by Crippen LogP contribution is 2.24. The summed E-state index contributed by atoms with van der Waals surface area (Å²) < 4.78 is 5.75. The van der Waals surface area contributed by atoms with E-state index in [2.05, 4.69) is 24.8 Å². The minimum atomic E-state index is 0.0354. The van der Waals surface area contributed by atoms with Crippen molar-refractivity contribution < 1.29 is 4.74 Å². The number of anilines is 2. The summed E-state index contributed by atoms with van der Waals surface area (Å²) in [6, 6.07) is 7.18. The maximum atomic E-state index is 8.67. The fourth-order valence-electron chi connectivity index (χ4n) is 3.45. The monoisotopic (exact) mass is 422 g/mol. The molecule has 1 aliphatic heterocycles. The number of nitrogens with zero attached hydrogens (tertiary/aromatic N) is 5. The Balaban J connectivity index is 1.76. The second-order valence-corrected chi connectivity index (χ2v) is 7.51. The molecule has 1 aliphatic rings. The van der Waals surface area contributed by atoms with E-state index in [-0.39, 0.29) is 11.8 Å². The lowest BCUT2D eigenvalue weighted by molar-refractivity contribution is 0.242. The third kappa shape index (κ3) is 5.30. The molecule has 0 radical (unpaired) electrons. The molecule has 1 aromatic carbocycles. The topological polar surface area (TPSA) is 130 Å². The molecule has 1 saturated heterocycles. The van der Waals surface area contributed by atoms with E-state index >= 15 is 0 Å². The van der Waals surface area contributed by atoms with Crippen LogP contribution in [0, 0.1) is 5.41 Å². The van der Waals surface area contributed by atoms with Gasteiger partial charge in [0, 0.05) is 63.0 Å². The molecule has 31 heavy (non-hydrogen) atoms. The van der Waals surface area contributed by atoms with Gasteiger partial charge in [0.2, 0.25) is 0 Å². The summed E-state index contributed by atoms with van der Waals surface area (Å²) in [7, 11) is 1.73. The number of hydrogen-bond acceptors (Lipinski definition) is 9. The maximum Gasteiger partial charge on any atom is 0.132 e. The Kier molecular flexibility index (Phi) is 7.07. The van der Waals surface area contributed by atoms with Crippen LogP contribution in [0.25, 0.3) is 0 Å². The summed E-state index contributed by atoms with van der Waals surface area (Å²) in [5.41, 5.74) is 14.6. The van der Waals surface area contributed by atoms with Crippen molar-refractivity contribution in [2.75, 3.05) is 43.9 Å². The van der Waals surface area contributed by atoms with Crippen molar-refractivity contribution >= 4 is 23.4 Å². The number of rotatable bonds is 7. The lowest BCUT2D eigenvalue weighted by Crippen LogP contribution is -2.46. The molecule has 1 fully saturated rings. The first kappa shape index (κ1) is 22.1. The van der Waals surface area contributed by atoms with Gasteiger partial charge in [0.1, 0.15) is 17.9 Å². The zero-order valence-corrected chi connectivity index (χ0v) is 18.2. The molecule has 9 heteroatoms. The van der Waals surface area contributed by atoms with Gasteiger partial charge in [-0.25, -0.2) is 9.97 Å². The third-order valence-corrected chi connectivity index (χ3v) is 4.98. The van der Waals surface area contributed by atoms with Gasteiger partial charge < -0.3 is 26.0 Å². The number of ether oxygens (including phenoxy) is 1. The average molecular weight is 423 g/mol. The van der Waals surface area contributed by atoms with Gasteiger partial charge in [0.25, 0.3) is 0 Å². The molecule has 9 nitrogen and oxygen atoms in total. The summed E-state index contributed by atoms with van der Waals surface area (Å²) >= 11 is 0. The predicted octanol–water partition coefficient (Wildman–Crippen LogP) is 1.88. The van der Waals surface area contributed by atoms with E-state index in [1.54, 1.807) is 31.6 Å². The van der Waals surface area contributed by atoms with Crippen molar-refractivity contribution in [3.05, 3.63) is 53.7 Å². The second kappa shape index (κ2) is 9.92. The highest BCUT2D eigenvalue weighted by molar-refractivity contribution is 6.13. The number of aliphatic imine (C=N–C) groups is 1. The van der Waals surface area contributed by atoms with Crippen LogP contribution in [-0.2, 0) is 0 Å². The Labute approximate surface area is 183 Å².